The molecule has 0 saturated heterocycles. The molecule has 2 rings (SSSR count). The van der Waals surface area contributed by atoms with E-state index in [9.17, 15) is 0 Å². The molecule has 2 heterocycles. The molecule has 0 aliphatic carbocycles. The summed E-state index contributed by atoms with van der Waals surface area (Å²) in [4.78, 5) is 0. The number of nitrogens with zero attached hydrogens (tertiary/aromatic N) is 2. The van der Waals surface area contributed by atoms with Gasteiger partial charge in [-0.2, -0.15) is 5.10 Å². The van der Waals surface area contributed by atoms with Crippen LogP contribution in [0.4, 0.5) is 0 Å². The summed E-state index contributed by atoms with van der Waals surface area (Å²) in [7, 11) is 1.90. The Morgan fingerprint density at radius 3 is 2.70 bits per heavy atom. The van der Waals surface area contributed by atoms with E-state index in [-0.39, 0.29) is 6.04 Å². The molecule has 1 atom stereocenters. The Bertz CT molecular complexity index is 577. The molecule has 0 radical (unpaired) electrons. The van der Waals surface area contributed by atoms with Crippen LogP contribution in [-0.4, -0.2) is 16.3 Å². The maximum absolute atomic E-state index is 6.33. The number of nitrogens with one attached hydrogen (secondary N) is 1. The highest BCUT2D eigenvalue weighted by molar-refractivity contribution is 6.32. The predicted molar refractivity (Wildman–Crippen MR) is 81.4 cm³/mol. The lowest BCUT2D eigenvalue weighted by Crippen LogP contribution is -2.25. The van der Waals surface area contributed by atoms with Crippen LogP contribution in [0.25, 0.3) is 0 Å². The Labute approximate surface area is 129 Å². The third-order valence-corrected chi connectivity index (χ3v) is 4.12. The van der Waals surface area contributed by atoms with Crippen LogP contribution in [0.2, 0.25) is 10.2 Å². The van der Waals surface area contributed by atoms with Gasteiger partial charge in [0.1, 0.15) is 0 Å². The fourth-order valence-corrected chi connectivity index (χ4v) is 2.74. The lowest BCUT2D eigenvalue weighted by molar-refractivity contribution is 0.500. The second kappa shape index (κ2) is 6.66. The first-order valence-electron chi connectivity index (χ1n) is 6.68. The molecule has 1 unspecified atom stereocenters. The minimum atomic E-state index is 0.0634. The third-order valence-electron chi connectivity index (χ3n) is 3.32. The molecule has 0 spiro atoms. The molecule has 4 nitrogen and oxygen atoms in total. The van der Waals surface area contributed by atoms with Gasteiger partial charge in [0.25, 0.3) is 0 Å². The van der Waals surface area contributed by atoms with Crippen molar-refractivity contribution >= 4 is 23.2 Å². The van der Waals surface area contributed by atoms with Gasteiger partial charge in [-0.05, 0) is 37.6 Å². The van der Waals surface area contributed by atoms with Crippen molar-refractivity contribution in [2.24, 2.45) is 7.05 Å². The molecular formula is C14H19Cl2N3O. The van der Waals surface area contributed by atoms with Gasteiger partial charge in [-0.25, -0.2) is 0 Å². The van der Waals surface area contributed by atoms with E-state index < -0.39 is 0 Å². The summed E-state index contributed by atoms with van der Waals surface area (Å²) in [6.45, 7) is 4.94. The Hall–Kier alpha value is -0.970. The van der Waals surface area contributed by atoms with Crippen LogP contribution in [0.5, 0.6) is 0 Å². The number of aromatic nitrogens is 2. The largest absolute Gasteiger partial charge is 0.453 e. The highest BCUT2D eigenvalue weighted by Gasteiger charge is 2.21. The van der Waals surface area contributed by atoms with Gasteiger partial charge in [0.2, 0.25) is 0 Å². The van der Waals surface area contributed by atoms with Crippen LogP contribution in [0.15, 0.2) is 16.7 Å². The maximum Gasteiger partial charge on any atom is 0.197 e. The zero-order valence-corrected chi connectivity index (χ0v) is 13.4. The Balaban J connectivity index is 2.26. The molecule has 0 fully saturated rings. The van der Waals surface area contributed by atoms with Gasteiger partial charge in [0.15, 0.2) is 5.22 Å². The Kier molecular flexibility index (Phi) is 5.13. The summed E-state index contributed by atoms with van der Waals surface area (Å²) < 4.78 is 7.02. The minimum Gasteiger partial charge on any atom is -0.453 e. The van der Waals surface area contributed by atoms with Gasteiger partial charge in [-0.15, -0.1) is 0 Å². The van der Waals surface area contributed by atoms with E-state index in [0.717, 1.165) is 41.4 Å². The van der Waals surface area contributed by atoms with Crippen molar-refractivity contribution in [1.29, 1.82) is 0 Å². The maximum atomic E-state index is 6.33. The standard InChI is InChI=1S/C14H19Cl2N3O/c1-4-6-17-11(10-5-7-20-14(10)16)8-12-13(15)9(2)18-19(12)3/h5,7,11,17H,4,6,8H2,1-3H3. The average molecular weight is 316 g/mol. The van der Waals surface area contributed by atoms with E-state index in [1.54, 1.807) is 6.26 Å². The van der Waals surface area contributed by atoms with Crippen LogP contribution in [-0.2, 0) is 13.5 Å². The van der Waals surface area contributed by atoms with Crippen LogP contribution in [0.1, 0.15) is 36.3 Å². The second-order valence-corrected chi connectivity index (χ2v) is 5.55. The van der Waals surface area contributed by atoms with Crippen LogP contribution in [0, 0.1) is 6.92 Å². The summed E-state index contributed by atoms with van der Waals surface area (Å²) in [6, 6.07) is 1.96. The third kappa shape index (κ3) is 3.19. The zero-order valence-electron chi connectivity index (χ0n) is 11.9. The number of hydrogen-bond donors (Lipinski definition) is 1. The summed E-state index contributed by atoms with van der Waals surface area (Å²) in [5.41, 5.74) is 2.79. The van der Waals surface area contributed by atoms with Gasteiger partial charge in [0.05, 0.1) is 22.7 Å². The fraction of sp³-hybridized carbons (Fsp3) is 0.500. The first-order chi connectivity index (χ1) is 9.54. The number of halogens is 2. The van der Waals surface area contributed by atoms with Gasteiger partial charge in [0, 0.05) is 25.1 Å². The number of aryl methyl sites for hydroxylation is 2. The molecule has 0 aliphatic rings. The molecule has 6 heteroatoms. The van der Waals surface area contributed by atoms with E-state index in [0.29, 0.717) is 5.22 Å². The quantitative estimate of drug-likeness (QED) is 0.878. The van der Waals surface area contributed by atoms with Crippen molar-refractivity contribution in [1.82, 2.24) is 15.1 Å². The predicted octanol–water partition coefficient (Wildman–Crippen LogP) is 3.91. The van der Waals surface area contributed by atoms with Crippen molar-refractivity contribution in [3.05, 3.63) is 39.5 Å². The lowest BCUT2D eigenvalue weighted by Gasteiger charge is -2.18. The molecule has 0 bridgehead atoms. The Morgan fingerprint density at radius 1 is 1.45 bits per heavy atom. The van der Waals surface area contributed by atoms with Crippen LogP contribution < -0.4 is 5.32 Å². The van der Waals surface area contributed by atoms with Gasteiger partial charge < -0.3 is 9.73 Å². The molecule has 0 aliphatic heterocycles. The molecule has 2 aromatic rings. The molecule has 2 aromatic heterocycles. The first kappa shape index (κ1) is 15.4. The number of hydrogen-bond acceptors (Lipinski definition) is 3. The molecule has 1 N–H and O–H groups in total. The molecule has 0 saturated carbocycles. The van der Waals surface area contributed by atoms with Gasteiger partial charge in [-0.3, -0.25) is 4.68 Å². The highest BCUT2D eigenvalue weighted by atomic mass is 35.5. The van der Waals surface area contributed by atoms with Crippen molar-refractivity contribution in [2.45, 2.75) is 32.7 Å². The smallest absolute Gasteiger partial charge is 0.197 e. The average Bonchev–Trinajstić information content (AvgIpc) is 2.93. The van der Waals surface area contributed by atoms with E-state index in [4.69, 9.17) is 27.6 Å². The van der Waals surface area contributed by atoms with Crippen LogP contribution >= 0.6 is 23.2 Å². The van der Waals surface area contributed by atoms with Crippen molar-refractivity contribution < 1.29 is 4.42 Å². The van der Waals surface area contributed by atoms with Crippen molar-refractivity contribution in [2.75, 3.05) is 6.54 Å². The SMILES string of the molecule is CCCNC(Cc1c(Cl)c(C)nn1C)c1ccoc1Cl. The topological polar surface area (TPSA) is 43.0 Å². The van der Waals surface area contributed by atoms with Gasteiger partial charge in [-0.1, -0.05) is 18.5 Å². The molecule has 20 heavy (non-hydrogen) atoms. The summed E-state index contributed by atoms with van der Waals surface area (Å²) in [6.07, 6.45) is 3.37. The summed E-state index contributed by atoms with van der Waals surface area (Å²) >= 11 is 12.4. The minimum absolute atomic E-state index is 0.0634. The lowest BCUT2D eigenvalue weighted by atomic mass is 10.0. The number of rotatable bonds is 6. The van der Waals surface area contributed by atoms with E-state index in [1.165, 1.54) is 0 Å². The molecular weight excluding hydrogens is 297 g/mol. The molecule has 0 amide bonds. The summed E-state index contributed by atoms with van der Waals surface area (Å²) in [5.74, 6) is 0. The van der Waals surface area contributed by atoms with E-state index in [2.05, 4.69) is 17.3 Å². The van der Waals surface area contributed by atoms with E-state index >= 15 is 0 Å². The Morgan fingerprint density at radius 2 is 2.20 bits per heavy atom. The van der Waals surface area contributed by atoms with Crippen molar-refractivity contribution in [3.63, 3.8) is 0 Å². The van der Waals surface area contributed by atoms with Gasteiger partial charge >= 0.3 is 0 Å². The molecule has 110 valence electrons. The number of furan rings is 1. The second-order valence-electron chi connectivity index (χ2n) is 4.83. The first-order valence-corrected chi connectivity index (χ1v) is 7.44. The van der Waals surface area contributed by atoms with Crippen molar-refractivity contribution in [3.8, 4) is 0 Å². The zero-order chi connectivity index (χ0) is 14.7. The normalized spacial score (nSPS) is 12.8. The fourth-order valence-electron chi connectivity index (χ4n) is 2.26. The monoisotopic (exact) mass is 315 g/mol. The highest BCUT2D eigenvalue weighted by Crippen LogP contribution is 2.29. The van der Waals surface area contributed by atoms with E-state index in [1.807, 2.05) is 24.7 Å². The molecule has 0 aromatic carbocycles. The summed E-state index contributed by atoms with van der Waals surface area (Å²) in [5, 5.41) is 8.97. The van der Waals surface area contributed by atoms with Crippen LogP contribution in [0.3, 0.4) is 0 Å².